The summed E-state index contributed by atoms with van der Waals surface area (Å²) in [6, 6.07) is 10.1. The number of nitrogens with zero attached hydrogens (tertiary/aromatic N) is 3. The summed E-state index contributed by atoms with van der Waals surface area (Å²) < 4.78 is 5.86. The molecule has 1 aromatic heterocycles. The van der Waals surface area contributed by atoms with E-state index in [0.717, 1.165) is 36.8 Å². The standard InChI is InChI=1S/C20H28N4O/c1-16-7-5-6-8-19(16)25-14-13-24(4)20(21-3)23-12-10-18-9-11-22-15-17(18)2/h5-9,11,15H,10,12-14H2,1-4H3,(H,21,23). The van der Waals surface area contributed by atoms with E-state index in [0.29, 0.717) is 6.61 Å². The number of aromatic nitrogens is 1. The minimum atomic E-state index is 0.617. The Hall–Kier alpha value is -2.56. The van der Waals surface area contributed by atoms with E-state index < -0.39 is 0 Å². The first kappa shape index (κ1) is 18.8. The molecule has 0 saturated carbocycles. The lowest BCUT2D eigenvalue weighted by molar-refractivity contribution is 0.280. The summed E-state index contributed by atoms with van der Waals surface area (Å²) in [4.78, 5) is 10.6. The smallest absolute Gasteiger partial charge is 0.193 e. The van der Waals surface area contributed by atoms with Gasteiger partial charge in [0.2, 0.25) is 0 Å². The molecule has 2 rings (SSSR count). The highest BCUT2D eigenvalue weighted by molar-refractivity contribution is 5.79. The summed E-state index contributed by atoms with van der Waals surface area (Å²) in [7, 11) is 3.83. The average molecular weight is 340 g/mol. The lowest BCUT2D eigenvalue weighted by Gasteiger charge is -2.22. The van der Waals surface area contributed by atoms with Crippen LogP contribution in [0.25, 0.3) is 0 Å². The quantitative estimate of drug-likeness (QED) is 0.622. The molecule has 0 aliphatic heterocycles. The highest BCUT2D eigenvalue weighted by Gasteiger charge is 2.06. The van der Waals surface area contributed by atoms with Gasteiger partial charge in [0.25, 0.3) is 0 Å². The monoisotopic (exact) mass is 340 g/mol. The Morgan fingerprint density at radius 1 is 1.20 bits per heavy atom. The molecule has 2 aromatic rings. The number of benzene rings is 1. The second kappa shape index (κ2) is 9.67. The molecular formula is C20H28N4O. The number of nitrogens with one attached hydrogen (secondary N) is 1. The van der Waals surface area contributed by atoms with Crippen LogP contribution < -0.4 is 10.1 Å². The van der Waals surface area contributed by atoms with Crippen LogP contribution in [-0.2, 0) is 6.42 Å². The van der Waals surface area contributed by atoms with Crippen LogP contribution in [0.4, 0.5) is 0 Å². The number of para-hydroxylation sites is 1. The van der Waals surface area contributed by atoms with Crippen molar-refractivity contribution in [2.45, 2.75) is 20.3 Å². The fourth-order valence-corrected chi connectivity index (χ4v) is 2.59. The maximum absolute atomic E-state index is 5.86. The van der Waals surface area contributed by atoms with Gasteiger partial charge < -0.3 is 15.0 Å². The van der Waals surface area contributed by atoms with Crippen molar-refractivity contribution in [1.29, 1.82) is 0 Å². The number of rotatable bonds is 7. The molecule has 1 N–H and O–H groups in total. The molecule has 0 bridgehead atoms. The highest BCUT2D eigenvalue weighted by atomic mass is 16.5. The van der Waals surface area contributed by atoms with Crippen molar-refractivity contribution in [2.75, 3.05) is 33.8 Å². The van der Waals surface area contributed by atoms with Gasteiger partial charge in [-0.25, -0.2) is 0 Å². The number of ether oxygens (including phenoxy) is 1. The number of guanidine groups is 1. The van der Waals surface area contributed by atoms with Crippen molar-refractivity contribution >= 4 is 5.96 Å². The molecule has 25 heavy (non-hydrogen) atoms. The molecule has 0 aliphatic carbocycles. The lowest BCUT2D eigenvalue weighted by atomic mass is 10.1. The Bertz CT molecular complexity index is 700. The molecule has 134 valence electrons. The lowest BCUT2D eigenvalue weighted by Crippen LogP contribution is -2.41. The second-order valence-corrected chi connectivity index (χ2v) is 6.06. The van der Waals surface area contributed by atoms with E-state index in [1.807, 2.05) is 37.6 Å². The summed E-state index contributed by atoms with van der Waals surface area (Å²) in [5, 5.41) is 3.40. The molecule has 0 atom stereocenters. The van der Waals surface area contributed by atoms with E-state index in [9.17, 15) is 0 Å². The predicted octanol–water partition coefficient (Wildman–Crippen LogP) is 2.83. The molecule has 0 spiro atoms. The van der Waals surface area contributed by atoms with Crippen molar-refractivity contribution in [3.8, 4) is 5.75 Å². The number of hydrogen-bond donors (Lipinski definition) is 1. The molecule has 1 aromatic carbocycles. The first-order chi connectivity index (χ1) is 12.1. The van der Waals surface area contributed by atoms with Gasteiger partial charge in [0, 0.05) is 33.0 Å². The maximum Gasteiger partial charge on any atom is 0.193 e. The number of likely N-dealkylation sites (N-methyl/N-ethyl adjacent to an activating group) is 1. The Kier molecular flexibility index (Phi) is 7.26. The van der Waals surface area contributed by atoms with Gasteiger partial charge in [-0.1, -0.05) is 18.2 Å². The third-order valence-electron chi connectivity index (χ3n) is 4.17. The van der Waals surface area contributed by atoms with Gasteiger partial charge in [0.05, 0.1) is 6.54 Å². The maximum atomic E-state index is 5.86. The van der Waals surface area contributed by atoms with E-state index in [4.69, 9.17) is 4.74 Å². The van der Waals surface area contributed by atoms with Crippen LogP contribution in [0.5, 0.6) is 5.75 Å². The summed E-state index contributed by atoms with van der Waals surface area (Å²) in [5.74, 6) is 1.81. The normalized spacial score (nSPS) is 11.3. The van der Waals surface area contributed by atoms with Crippen LogP contribution in [0.2, 0.25) is 0 Å². The third-order valence-corrected chi connectivity index (χ3v) is 4.17. The summed E-state index contributed by atoms with van der Waals surface area (Å²) in [6.45, 7) is 6.36. The van der Waals surface area contributed by atoms with Crippen LogP contribution in [0.3, 0.4) is 0 Å². The second-order valence-electron chi connectivity index (χ2n) is 6.06. The fraction of sp³-hybridized carbons (Fsp3) is 0.400. The zero-order chi connectivity index (χ0) is 18.1. The van der Waals surface area contributed by atoms with E-state index in [-0.39, 0.29) is 0 Å². The van der Waals surface area contributed by atoms with Crippen molar-refractivity contribution in [1.82, 2.24) is 15.2 Å². The first-order valence-corrected chi connectivity index (χ1v) is 8.61. The minimum absolute atomic E-state index is 0.617. The Morgan fingerprint density at radius 2 is 2.00 bits per heavy atom. The van der Waals surface area contributed by atoms with Crippen molar-refractivity contribution in [3.63, 3.8) is 0 Å². The van der Waals surface area contributed by atoms with Gasteiger partial charge in [0.1, 0.15) is 12.4 Å². The minimum Gasteiger partial charge on any atom is -0.491 e. The van der Waals surface area contributed by atoms with E-state index in [2.05, 4.69) is 46.2 Å². The molecule has 0 aliphatic rings. The zero-order valence-electron chi connectivity index (χ0n) is 15.6. The van der Waals surface area contributed by atoms with E-state index in [1.54, 1.807) is 7.05 Å². The van der Waals surface area contributed by atoms with Crippen LogP contribution in [0, 0.1) is 13.8 Å². The van der Waals surface area contributed by atoms with Crippen molar-refractivity contribution in [2.24, 2.45) is 4.99 Å². The Labute approximate surface area is 150 Å². The first-order valence-electron chi connectivity index (χ1n) is 8.61. The van der Waals surface area contributed by atoms with Gasteiger partial charge in [-0.15, -0.1) is 0 Å². The van der Waals surface area contributed by atoms with Gasteiger partial charge in [-0.3, -0.25) is 9.98 Å². The predicted molar refractivity (Wildman–Crippen MR) is 103 cm³/mol. The van der Waals surface area contributed by atoms with Gasteiger partial charge in [0.15, 0.2) is 5.96 Å². The third kappa shape index (κ3) is 5.78. The highest BCUT2D eigenvalue weighted by Crippen LogP contribution is 2.15. The van der Waals surface area contributed by atoms with Crippen molar-refractivity contribution < 1.29 is 4.74 Å². The molecule has 5 heteroatoms. The van der Waals surface area contributed by atoms with Gasteiger partial charge >= 0.3 is 0 Å². The molecule has 0 saturated heterocycles. The number of hydrogen-bond acceptors (Lipinski definition) is 3. The molecule has 0 radical (unpaired) electrons. The molecule has 1 heterocycles. The topological polar surface area (TPSA) is 49.8 Å². The van der Waals surface area contributed by atoms with Crippen LogP contribution in [0.15, 0.2) is 47.7 Å². The zero-order valence-corrected chi connectivity index (χ0v) is 15.6. The van der Waals surface area contributed by atoms with Crippen molar-refractivity contribution in [3.05, 3.63) is 59.4 Å². The average Bonchev–Trinajstić information content (AvgIpc) is 2.61. The van der Waals surface area contributed by atoms with E-state index >= 15 is 0 Å². The van der Waals surface area contributed by atoms with Gasteiger partial charge in [-0.05, 0) is 49.1 Å². The molecule has 0 fully saturated rings. The van der Waals surface area contributed by atoms with E-state index in [1.165, 1.54) is 11.1 Å². The largest absolute Gasteiger partial charge is 0.491 e. The summed E-state index contributed by atoms with van der Waals surface area (Å²) in [5.41, 5.74) is 3.68. The van der Waals surface area contributed by atoms with Crippen LogP contribution in [0.1, 0.15) is 16.7 Å². The summed E-state index contributed by atoms with van der Waals surface area (Å²) >= 11 is 0. The fourth-order valence-electron chi connectivity index (χ4n) is 2.59. The Morgan fingerprint density at radius 3 is 2.72 bits per heavy atom. The van der Waals surface area contributed by atoms with Crippen LogP contribution >= 0.6 is 0 Å². The van der Waals surface area contributed by atoms with Gasteiger partial charge in [-0.2, -0.15) is 0 Å². The number of pyridine rings is 1. The Balaban J connectivity index is 1.76. The molecule has 0 amide bonds. The SMILES string of the molecule is CN=C(NCCc1ccncc1C)N(C)CCOc1ccccc1C. The number of aryl methyl sites for hydroxylation is 2. The molecular weight excluding hydrogens is 312 g/mol. The molecule has 0 unspecified atom stereocenters. The van der Waals surface area contributed by atoms with Crippen LogP contribution in [-0.4, -0.2) is 49.6 Å². The molecule has 5 nitrogen and oxygen atoms in total. The number of aliphatic imine (C=N–C) groups is 1. The summed E-state index contributed by atoms with van der Waals surface area (Å²) in [6.07, 6.45) is 4.69.